The van der Waals surface area contributed by atoms with Crippen molar-refractivity contribution in [1.29, 1.82) is 0 Å². The average Bonchev–Trinajstić information content (AvgIpc) is 4.08. The maximum atomic E-state index is 6.49. The predicted molar refractivity (Wildman–Crippen MR) is 222 cm³/mol. The molecule has 0 bridgehead atoms. The van der Waals surface area contributed by atoms with Crippen LogP contribution in [0.4, 0.5) is 0 Å². The van der Waals surface area contributed by atoms with Gasteiger partial charge in [-0.15, -0.1) is 10.2 Å². The van der Waals surface area contributed by atoms with Crippen LogP contribution in [0.5, 0.6) is 0 Å². The molecule has 10 rings (SSSR count). The number of hydrogen-bond acceptors (Lipinski definition) is 18. The summed E-state index contributed by atoms with van der Waals surface area (Å²) >= 11 is 0. The van der Waals surface area contributed by atoms with Crippen molar-refractivity contribution in [3.63, 3.8) is 0 Å². The lowest BCUT2D eigenvalue weighted by Gasteiger charge is -2.37. The Morgan fingerprint density at radius 3 is 1.25 bits per heavy atom. The minimum atomic E-state index is -0.810. The van der Waals surface area contributed by atoms with Crippen LogP contribution >= 0.6 is 0 Å². The molecule has 0 N–H and O–H groups in total. The molecule has 6 fully saturated rings. The van der Waals surface area contributed by atoms with Crippen molar-refractivity contribution in [2.45, 2.75) is 179 Å². The van der Waals surface area contributed by atoms with Crippen LogP contribution < -0.4 is 0 Å². The van der Waals surface area contributed by atoms with Gasteiger partial charge in [0.05, 0.1) is 35.9 Å². The molecule has 6 aliphatic rings. The molecule has 20 heteroatoms. The standard InChI is InChI=1S/C44H60N10O10/c1-41(2)57-33-31(55-39-37(35(33)59-41)61-43(5,6)63-39)25-53-23-29(47-49-53)21-52(18-17-51(19-27-13-9-11-15-45-27)20-28-14-10-12-16-46-28)22-30-24-54(50-48-30)26-32-34-36(60-42(3,4)58-34)38-40(56-32)64-44(7,8)62-38/h9-16,23-24,31-40H,17-22,25-26H2,1-8H3/t31-,32-,33+,34+,35+,36+,37-,38-,39-,40-/m1/s1. The molecule has 4 aromatic heterocycles. The number of nitrogens with zero attached hydrogens (tertiary/aromatic N) is 10. The quantitative estimate of drug-likeness (QED) is 0.169. The average molecular weight is 889 g/mol. The normalized spacial score (nSPS) is 33.0. The molecule has 6 aliphatic heterocycles. The van der Waals surface area contributed by atoms with Gasteiger partial charge in [0.1, 0.15) is 48.8 Å². The Hall–Kier alpha value is -3.90. The molecule has 0 aromatic carbocycles. The molecule has 0 spiro atoms. The van der Waals surface area contributed by atoms with Crippen molar-refractivity contribution in [1.82, 2.24) is 49.8 Å². The van der Waals surface area contributed by atoms with Crippen molar-refractivity contribution in [2.24, 2.45) is 0 Å². The van der Waals surface area contributed by atoms with Crippen LogP contribution in [0.2, 0.25) is 0 Å². The van der Waals surface area contributed by atoms with Crippen molar-refractivity contribution >= 4 is 0 Å². The van der Waals surface area contributed by atoms with Crippen LogP contribution in [0.25, 0.3) is 0 Å². The number of rotatable bonds is 15. The fourth-order valence-electron chi connectivity index (χ4n) is 9.66. The summed E-state index contributed by atoms with van der Waals surface area (Å²) < 4.78 is 66.7. The third kappa shape index (κ3) is 9.79. The molecule has 10 atom stereocenters. The van der Waals surface area contributed by atoms with E-state index < -0.39 is 60.1 Å². The third-order valence-corrected chi connectivity index (χ3v) is 12.1. The lowest BCUT2D eigenvalue weighted by atomic mass is 9.99. The molecule has 20 nitrogen and oxygen atoms in total. The summed E-state index contributed by atoms with van der Waals surface area (Å²) in [7, 11) is 0. The summed E-state index contributed by atoms with van der Waals surface area (Å²) in [5.41, 5.74) is 3.51. The Morgan fingerprint density at radius 2 is 0.844 bits per heavy atom. The van der Waals surface area contributed by atoms with Crippen LogP contribution in [0.1, 0.15) is 78.2 Å². The second-order valence-corrected chi connectivity index (χ2v) is 19.3. The van der Waals surface area contributed by atoms with Gasteiger partial charge < -0.3 is 47.4 Å². The molecule has 0 unspecified atom stereocenters. The van der Waals surface area contributed by atoms with Gasteiger partial charge in [0, 0.05) is 64.1 Å². The van der Waals surface area contributed by atoms with E-state index in [1.807, 2.05) is 117 Å². The third-order valence-electron chi connectivity index (χ3n) is 12.1. The Balaban J connectivity index is 0.860. The fraction of sp³-hybridized carbons (Fsp3) is 0.682. The van der Waals surface area contributed by atoms with Crippen LogP contribution in [0.15, 0.2) is 61.2 Å². The number of ether oxygens (including phenoxy) is 10. The SMILES string of the molecule is CC1(C)O[C@H]2[C@@H](O1)[C@@H](Cn1cc(CN(CCN(Cc3ccccn3)Cc3ccccn3)Cc3cn(C[C@H]4O[C@@H]5OC(C)(C)O[C@@H]5[C@H]5OC(C)(C)O[C@H]54)nn3)nn1)O[C@@H]1OC(C)(C)O[C@@H]12. The van der Waals surface area contributed by atoms with Gasteiger partial charge in [0.2, 0.25) is 0 Å². The lowest BCUT2D eigenvalue weighted by molar-refractivity contribution is -0.237. The zero-order valence-electron chi connectivity index (χ0n) is 37.8. The Labute approximate surface area is 372 Å². The molecule has 0 saturated carbocycles. The maximum absolute atomic E-state index is 6.49. The van der Waals surface area contributed by atoms with E-state index in [-0.39, 0.29) is 24.4 Å². The smallest absolute Gasteiger partial charge is 0.190 e. The van der Waals surface area contributed by atoms with Gasteiger partial charge in [-0.05, 0) is 79.7 Å². The largest absolute Gasteiger partial charge is 0.342 e. The summed E-state index contributed by atoms with van der Waals surface area (Å²) in [6.45, 7) is 19.5. The van der Waals surface area contributed by atoms with Crippen molar-refractivity contribution in [3.05, 3.63) is 84.0 Å². The van der Waals surface area contributed by atoms with Gasteiger partial charge in [-0.3, -0.25) is 19.8 Å². The van der Waals surface area contributed by atoms with Gasteiger partial charge in [0.15, 0.2) is 35.7 Å². The number of hydrogen-bond donors (Lipinski definition) is 0. The molecular formula is C44H60N10O10. The summed E-state index contributed by atoms with van der Waals surface area (Å²) in [6, 6.07) is 12.0. The molecule has 4 aromatic rings. The first kappa shape index (κ1) is 44.0. The summed E-state index contributed by atoms with van der Waals surface area (Å²) in [4.78, 5) is 13.9. The Kier molecular flexibility index (Phi) is 11.7. The highest BCUT2D eigenvalue weighted by Gasteiger charge is 2.62. The van der Waals surface area contributed by atoms with Crippen LogP contribution in [0, 0.1) is 0 Å². The summed E-state index contributed by atoms with van der Waals surface area (Å²) in [5, 5.41) is 18.4. The number of aromatic nitrogens is 8. The van der Waals surface area contributed by atoms with Crippen LogP contribution in [0.3, 0.4) is 0 Å². The molecule has 10 heterocycles. The maximum Gasteiger partial charge on any atom is 0.190 e. The Bertz CT molecular complexity index is 2060. The van der Waals surface area contributed by atoms with E-state index >= 15 is 0 Å². The van der Waals surface area contributed by atoms with Crippen molar-refractivity contribution in [2.75, 3.05) is 13.1 Å². The van der Waals surface area contributed by atoms with Gasteiger partial charge in [0.25, 0.3) is 0 Å². The molecule has 64 heavy (non-hydrogen) atoms. The van der Waals surface area contributed by atoms with E-state index in [0.717, 1.165) is 22.8 Å². The second-order valence-electron chi connectivity index (χ2n) is 19.3. The zero-order valence-corrected chi connectivity index (χ0v) is 37.8. The first-order valence-corrected chi connectivity index (χ1v) is 22.3. The predicted octanol–water partition coefficient (Wildman–Crippen LogP) is 3.16. The minimum absolute atomic E-state index is 0.362. The van der Waals surface area contributed by atoms with Crippen LogP contribution in [-0.4, -0.2) is 147 Å². The summed E-state index contributed by atoms with van der Waals surface area (Å²) in [6.07, 6.45) is 3.20. The molecule has 6 saturated heterocycles. The van der Waals surface area contributed by atoms with Crippen LogP contribution in [-0.2, 0) is 86.6 Å². The monoisotopic (exact) mass is 888 g/mol. The molecule has 0 amide bonds. The minimum Gasteiger partial charge on any atom is -0.342 e. The summed E-state index contributed by atoms with van der Waals surface area (Å²) in [5.74, 6) is -3.23. The highest BCUT2D eigenvalue weighted by molar-refractivity contribution is 5.07. The molecule has 0 aliphatic carbocycles. The van der Waals surface area contributed by atoms with Crippen molar-refractivity contribution in [3.8, 4) is 0 Å². The first-order chi connectivity index (χ1) is 30.5. The number of pyridine rings is 2. The van der Waals surface area contributed by atoms with Gasteiger partial charge in [-0.25, -0.2) is 9.36 Å². The molecule has 346 valence electrons. The number of fused-ring (bicyclic) bond motifs is 6. The highest BCUT2D eigenvalue weighted by atomic mass is 16.9. The fourth-order valence-corrected chi connectivity index (χ4v) is 9.66. The topological polar surface area (TPSA) is 186 Å². The second kappa shape index (κ2) is 17.1. The zero-order chi connectivity index (χ0) is 44.4. The van der Waals surface area contributed by atoms with Gasteiger partial charge >= 0.3 is 0 Å². The van der Waals surface area contributed by atoms with E-state index in [1.54, 1.807) is 9.36 Å². The van der Waals surface area contributed by atoms with E-state index in [2.05, 4.69) is 40.4 Å². The first-order valence-electron chi connectivity index (χ1n) is 22.3. The Morgan fingerprint density at radius 1 is 0.469 bits per heavy atom. The van der Waals surface area contributed by atoms with Gasteiger partial charge in [-0.2, -0.15) is 0 Å². The lowest BCUT2D eigenvalue weighted by Crippen LogP contribution is -2.56. The van der Waals surface area contributed by atoms with E-state index in [9.17, 15) is 0 Å². The van der Waals surface area contributed by atoms with Crippen molar-refractivity contribution < 1.29 is 47.4 Å². The molecular weight excluding hydrogens is 829 g/mol. The van der Waals surface area contributed by atoms with E-state index in [1.165, 1.54) is 0 Å². The van der Waals surface area contributed by atoms with E-state index in [4.69, 9.17) is 47.4 Å². The highest BCUT2D eigenvalue weighted by Crippen LogP contribution is 2.46. The molecule has 0 radical (unpaired) electrons. The van der Waals surface area contributed by atoms with Gasteiger partial charge in [-0.1, -0.05) is 22.6 Å². The van der Waals surface area contributed by atoms with E-state index in [0.29, 0.717) is 52.4 Å².